The number of aldehydes is 1. The van der Waals surface area contributed by atoms with E-state index in [0.717, 1.165) is 12.0 Å². The molecule has 0 fully saturated rings. The van der Waals surface area contributed by atoms with Gasteiger partial charge in [0, 0.05) is 6.20 Å². The molecule has 0 atom stereocenters. The van der Waals surface area contributed by atoms with E-state index in [4.69, 9.17) is 0 Å². The molecular weight excluding hydrogens is 220 g/mol. The van der Waals surface area contributed by atoms with Gasteiger partial charge in [-0.1, -0.05) is 6.92 Å². The van der Waals surface area contributed by atoms with Crippen LogP contribution in [0, 0.1) is 0 Å². The predicted octanol–water partition coefficient (Wildman–Crippen LogP) is 1.50. The zero-order valence-corrected chi connectivity index (χ0v) is 9.64. The first kappa shape index (κ1) is 11.3. The Morgan fingerprint density at radius 3 is 2.94 bits per heavy atom. The van der Waals surface area contributed by atoms with Crippen molar-refractivity contribution in [3.05, 3.63) is 35.3 Å². The Morgan fingerprint density at radius 2 is 2.35 bits per heavy atom. The number of nitrogens with zero attached hydrogens (tertiary/aromatic N) is 2. The third kappa shape index (κ3) is 1.80. The minimum Gasteiger partial charge on any atom is -0.465 e. The van der Waals surface area contributed by atoms with Gasteiger partial charge in [0.15, 0.2) is 6.29 Å². The first-order chi connectivity index (χ1) is 8.21. The Bertz CT molecular complexity index is 587. The van der Waals surface area contributed by atoms with Crippen molar-refractivity contribution in [1.29, 1.82) is 0 Å². The SMILES string of the molecule is CCc1c(C=O)nc2cc(C(=O)OC)ccn12. The quantitative estimate of drug-likeness (QED) is 0.594. The summed E-state index contributed by atoms with van der Waals surface area (Å²) >= 11 is 0. The van der Waals surface area contributed by atoms with E-state index in [-0.39, 0.29) is 0 Å². The largest absolute Gasteiger partial charge is 0.465 e. The van der Waals surface area contributed by atoms with Gasteiger partial charge in [0.05, 0.1) is 18.4 Å². The fourth-order valence-electron chi connectivity index (χ4n) is 1.80. The molecule has 17 heavy (non-hydrogen) atoms. The lowest BCUT2D eigenvalue weighted by atomic mass is 10.2. The van der Waals surface area contributed by atoms with Crippen LogP contribution in [0.15, 0.2) is 18.3 Å². The second-order valence-corrected chi connectivity index (χ2v) is 3.55. The molecule has 0 aliphatic rings. The number of rotatable bonds is 3. The van der Waals surface area contributed by atoms with Gasteiger partial charge in [0.1, 0.15) is 11.3 Å². The highest BCUT2D eigenvalue weighted by Crippen LogP contribution is 2.14. The van der Waals surface area contributed by atoms with E-state index < -0.39 is 5.97 Å². The van der Waals surface area contributed by atoms with Crippen molar-refractivity contribution in [3.8, 4) is 0 Å². The number of aromatic nitrogens is 2. The van der Waals surface area contributed by atoms with Gasteiger partial charge < -0.3 is 9.14 Å². The highest BCUT2D eigenvalue weighted by molar-refractivity contribution is 5.90. The molecule has 5 nitrogen and oxygen atoms in total. The fraction of sp³-hybridized carbons (Fsp3) is 0.250. The third-order valence-corrected chi connectivity index (χ3v) is 2.62. The number of methoxy groups -OCH3 is 1. The number of ether oxygens (including phenoxy) is 1. The van der Waals surface area contributed by atoms with Gasteiger partial charge in [-0.3, -0.25) is 4.79 Å². The van der Waals surface area contributed by atoms with Crippen LogP contribution in [-0.4, -0.2) is 28.7 Å². The number of aryl methyl sites for hydroxylation is 1. The fourth-order valence-corrected chi connectivity index (χ4v) is 1.80. The molecule has 0 N–H and O–H groups in total. The molecule has 0 saturated carbocycles. The molecule has 0 aliphatic carbocycles. The Morgan fingerprint density at radius 1 is 1.59 bits per heavy atom. The second-order valence-electron chi connectivity index (χ2n) is 3.55. The van der Waals surface area contributed by atoms with Crippen LogP contribution in [-0.2, 0) is 11.2 Å². The summed E-state index contributed by atoms with van der Waals surface area (Å²) in [6, 6.07) is 3.26. The van der Waals surface area contributed by atoms with Gasteiger partial charge in [-0.15, -0.1) is 0 Å². The van der Waals surface area contributed by atoms with Crippen molar-refractivity contribution >= 4 is 17.9 Å². The minimum absolute atomic E-state index is 0.412. The molecule has 0 unspecified atom stereocenters. The van der Waals surface area contributed by atoms with E-state index in [9.17, 15) is 9.59 Å². The predicted molar refractivity (Wildman–Crippen MR) is 61.3 cm³/mol. The maximum Gasteiger partial charge on any atom is 0.338 e. The number of carbonyl (C=O) groups excluding carboxylic acids is 2. The molecule has 0 aliphatic heterocycles. The van der Waals surface area contributed by atoms with Crippen molar-refractivity contribution in [2.24, 2.45) is 0 Å². The molecule has 0 amide bonds. The smallest absolute Gasteiger partial charge is 0.338 e. The van der Waals surface area contributed by atoms with Crippen LogP contribution in [0.1, 0.15) is 33.5 Å². The monoisotopic (exact) mass is 232 g/mol. The molecule has 0 bridgehead atoms. The molecule has 88 valence electrons. The van der Waals surface area contributed by atoms with E-state index in [2.05, 4.69) is 9.72 Å². The van der Waals surface area contributed by atoms with E-state index in [1.807, 2.05) is 6.92 Å². The average Bonchev–Trinajstić information content (AvgIpc) is 2.74. The zero-order chi connectivity index (χ0) is 12.4. The van der Waals surface area contributed by atoms with Crippen molar-refractivity contribution < 1.29 is 14.3 Å². The highest BCUT2D eigenvalue weighted by Gasteiger charge is 2.12. The lowest BCUT2D eigenvalue weighted by Crippen LogP contribution is -2.02. The van der Waals surface area contributed by atoms with E-state index >= 15 is 0 Å². The topological polar surface area (TPSA) is 60.7 Å². The van der Waals surface area contributed by atoms with Crippen LogP contribution in [0.3, 0.4) is 0 Å². The standard InChI is InChI=1S/C12H12N2O3/c1-3-10-9(7-15)13-11-6-8(12(16)17-2)4-5-14(10)11/h4-7H,3H2,1-2H3. The van der Waals surface area contributed by atoms with E-state index in [1.165, 1.54) is 7.11 Å². The molecule has 5 heteroatoms. The zero-order valence-electron chi connectivity index (χ0n) is 9.64. The molecular formula is C12H12N2O3. The summed E-state index contributed by atoms with van der Waals surface area (Å²) in [5.74, 6) is -0.416. The number of esters is 1. The molecule has 2 rings (SSSR count). The summed E-state index contributed by atoms with van der Waals surface area (Å²) < 4.78 is 6.43. The van der Waals surface area contributed by atoms with Gasteiger partial charge >= 0.3 is 5.97 Å². The molecule has 2 aromatic rings. The molecule has 0 spiro atoms. The maximum atomic E-state index is 11.4. The summed E-state index contributed by atoms with van der Waals surface area (Å²) in [5, 5.41) is 0. The summed E-state index contributed by atoms with van der Waals surface area (Å²) in [4.78, 5) is 26.4. The molecule has 2 heterocycles. The van der Waals surface area contributed by atoms with Crippen molar-refractivity contribution in [2.45, 2.75) is 13.3 Å². The lowest BCUT2D eigenvalue weighted by Gasteiger charge is -2.01. The van der Waals surface area contributed by atoms with Crippen molar-refractivity contribution in [2.75, 3.05) is 7.11 Å². The normalized spacial score (nSPS) is 10.5. The first-order valence-electron chi connectivity index (χ1n) is 5.25. The van der Waals surface area contributed by atoms with Crippen LogP contribution < -0.4 is 0 Å². The Kier molecular flexibility index (Phi) is 2.91. The van der Waals surface area contributed by atoms with Gasteiger partial charge in [-0.2, -0.15) is 0 Å². The van der Waals surface area contributed by atoms with E-state index in [1.54, 1.807) is 22.7 Å². The summed E-state index contributed by atoms with van der Waals surface area (Å²) in [7, 11) is 1.33. The summed E-state index contributed by atoms with van der Waals surface area (Å²) in [5.41, 5.74) is 2.25. The number of hydrogen-bond acceptors (Lipinski definition) is 4. The minimum atomic E-state index is -0.416. The van der Waals surface area contributed by atoms with Crippen LogP contribution in [0.25, 0.3) is 5.65 Å². The summed E-state index contributed by atoms with van der Waals surface area (Å²) in [6.45, 7) is 1.95. The molecule has 2 aromatic heterocycles. The van der Waals surface area contributed by atoms with E-state index in [0.29, 0.717) is 23.3 Å². The van der Waals surface area contributed by atoms with Gasteiger partial charge in [0.2, 0.25) is 0 Å². The molecule has 0 radical (unpaired) electrons. The maximum absolute atomic E-state index is 11.4. The molecule has 0 aromatic carbocycles. The Hall–Kier alpha value is -2.17. The second kappa shape index (κ2) is 4.37. The van der Waals surface area contributed by atoms with Gasteiger partial charge in [0.25, 0.3) is 0 Å². The number of fused-ring (bicyclic) bond motifs is 1. The van der Waals surface area contributed by atoms with Crippen molar-refractivity contribution in [1.82, 2.24) is 9.38 Å². The van der Waals surface area contributed by atoms with Crippen LogP contribution in [0.5, 0.6) is 0 Å². The number of imidazole rings is 1. The van der Waals surface area contributed by atoms with Gasteiger partial charge in [-0.25, -0.2) is 9.78 Å². The lowest BCUT2D eigenvalue weighted by molar-refractivity contribution is 0.0600. The Labute approximate surface area is 98.0 Å². The Balaban J connectivity index is 2.63. The highest BCUT2D eigenvalue weighted by atomic mass is 16.5. The van der Waals surface area contributed by atoms with Gasteiger partial charge in [-0.05, 0) is 18.6 Å². The first-order valence-corrected chi connectivity index (χ1v) is 5.25. The summed E-state index contributed by atoms with van der Waals surface area (Å²) in [6.07, 6.45) is 3.15. The number of pyridine rings is 1. The average molecular weight is 232 g/mol. The van der Waals surface area contributed by atoms with Crippen LogP contribution in [0.2, 0.25) is 0 Å². The van der Waals surface area contributed by atoms with Crippen LogP contribution >= 0.6 is 0 Å². The van der Waals surface area contributed by atoms with Crippen LogP contribution in [0.4, 0.5) is 0 Å². The number of hydrogen-bond donors (Lipinski definition) is 0. The number of carbonyl (C=O) groups is 2. The third-order valence-electron chi connectivity index (χ3n) is 2.62. The van der Waals surface area contributed by atoms with Crippen molar-refractivity contribution in [3.63, 3.8) is 0 Å². The molecule has 0 saturated heterocycles.